The van der Waals surface area contributed by atoms with Crippen molar-refractivity contribution in [1.29, 1.82) is 0 Å². The Kier molecular flexibility index (Phi) is 5.98. The zero-order chi connectivity index (χ0) is 20.5. The number of amides is 1. The lowest BCUT2D eigenvalue weighted by atomic mass is 10.1. The van der Waals surface area contributed by atoms with Crippen LogP contribution in [0.5, 0.6) is 0 Å². The number of furan rings is 1. The summed E-state index contributed by atoms with van der Waals surface area (Å²) in [5, 5.41) is 0. The average molecular weight is 376 g/mol. The molecule has 27 heavy (non-hydrogen) atoms. The summed E-state index contributed by atoms with van der Waals surface area (Å²) in [4.78, 5) is 41.6. The van der Waals surface area contributed by atoms with E-state index in [4.69, 9.17) is 10.2 Å². The fourth-order valence-corrected chi connectivity index (χ4v) is 3.01. The van der Waals surface area contributed by atoms with Gasteiger partial charge in [-0.15, -0.1) is 0 Å². The maximum Gasteiger partial charge on any atom is 0.330 e. The van der Waals surface area contributed by atoms with Crippen LogP contribution >= 0.6 is 0 Å². The van der Waals surface area contributed by atoms with Crippen LogP contribution in [0, 0.1) is 25.7 Å². The fraction of sp³-hybridized carbons (Fsp3) is 0.526. The van der Waals surface area contributed by atoms with Crippen molar-refractivity contribution in [2.75, 3.05) is 17.2 Å². The van der Waals surface area contributed by atoms with Crippen molar-refractivity contribution < 1.29 is 9.21 Å². The van der Waals surface area contributed by atoms with Gasteiger partial charge in [-0.3, -0.25) is 19.1 Å². The van der Waals surface area contributed by atoms with Crippen LogP contribution in [0.4, 0.5) is 11.5 Å². The van der Waals surface area contributed by atoms with Crippen LogP contribution in [0.25, 0.3) is 0 Å². The molecule has 0 unspecified atom stereocenters. The molecule has 3 N–H and O–H groups in total. The molecule has 0 spiro atoms. The van der Waals surface area contributed by atoms with E-state index in [1.165, 1.54) is 9.47 Å². The molecule has 0 aliphatic rings. The van der Waals surface area contributed by atoms with Crippen LogP contribution in [0.15, 0.2) is 20.1 Å². The number of nitrogen functional groups attached to an aromatic ring is 1. The molecule has 0 saturated carbocycles. The molecule has 0 atom stereocenters. The molecule has 0 radical (unpaired) electrons. The Labute approximate surface area is 158 Å². The zero-order valence-electron chi connectivity index (χ0n) is 16.8. The van der Waals surface area contributed by atoms with Crippen LogP contribution in [-0.2, 0) is 6.54 Å². The van der Waals surface area contributed by atoms with Gasteiger partial charge in [-0.1, -0.05) is 27.7 Å². The third-order valence-corrected chi connectivity index (χ3v) is 4.10. The number of H-pyrrole nitrogens is 1. The number of rotatable bonds is 6. The van der Waals surface area contributed by atoms with E-state index >= 15 is 0 Å². The van der Waals surface area contributed by atoms with E-state index in [1.807, 2.05) is 27.7 Å². The fourth-order valence-electron chi connectivity index (χ4n) is 3.01. The molecule has 2 rings (SSSR count). The number of carbonyl (C=O) groups excluding carboxylic acids is 1. The Bertz CT molecular complexity index is 950. The molecule has 0 fully saturated rings. The van der Waals surface area contributed by atoms with Gasteiger partial charge in [0.05, 0.1) is 5.56 Å². The standard InChI is InChI=1S/C19H28N4O4/c1-10(2)8-22(18(25)14-7-12(5)27-13(14)6)15-16(20)23(9-11(3)4)19(26)21-17(15)24/h7,10-11H,8-9,20H2,1-6H3,(H,21,24,26). The Morgan fingerprint density at radius 3 is 2.33 bits per heavy atom. The Morgan fingerprint density at radius 2 is 1.85 bits per heavy atom. The van der Waals surface area contributed by atoms with Crippen molar-refractivity contribution in [3.05, 3.63) is 44.0 Å². The molecule has 148 valence electrons. The van der Waals surface area contributed by atoms with Gasteiger partial charge in [-0.05, 0) is 31.7 Å². The minimum Gasteiger partial charge on any atom is -0.466 e. The summed E-state index contributed by atoms with van der Waals surface area (Å²) in [6.07, 6.45) is 0. The Balaban J connectivity index is 2.67. The summed E-state index contributed by atoms with van der Waals surface area (Å²) in [6, 6.07) is 1.64. The summed E-state index contributed by atoms with van der Waals surface area (Å²) in [5.74, 6) is 0.890. The molecule has 0 aliphatic carbocycles. The number of carbonyl (C=O) groups is 1. The van der Waals surface area contributed by atoms with Gasteiger partial charge in [0.1, 0.15) is 17.3 Å². The number of aryl methyl sites for hydroxylation is 2. The molecular formula is C19H28N4O4. The predicted molar refractivity (Wildman–Crippen MR) is 105 cm³/mol. The molecule has 2 heterocycles. The molecule has 0 aliphatic heterocycles. The highest BCUT2D eigenvalue weighted by Crippen LogP contribution is 2.24. The molecule has 2 aromatic heterocycles. The first-order chi connectivity index (χ1) is 12.5. The van der Waals surface area contributed by atoms with E-state index in [0.29, 0.717) is 23.6 Å². The molecule has 2 aromatic rings. The van der Waals surface area contributed by atoms with Crippen molar-refractivity contribution in [3.8, 4) is 0 Å². The summed E-state index contributed by atoms with van der Waals surface area (Å²) >= 11 is 0. The summed E-state index contributed by atoms with van der Waals surface area (Å²) in [7, 11) is 0. The van der Waals surface area contributed by atoms with Gasteiger partial charge in [-0.25, -0.2) is 4.79 Å². The van der Waals surface area contributed by atoms with Crippen LogP contribution in [-0.4, -0.2) is 22.0 Å². The topological polar surface area (TPSA) is 114 Å². The number of hydrogen-bond acceptors (Lipinski definition) is 5. The number of anilines is 2. The summed E-state index contributed by atoms with van der Waals surface area (Å²) in [6.45, 7) is 11.8. The van der Waals surface area contributed by atoms with Crippen molar-refractivity contribution in [2.45, 2.75) is 48.1 Å². The Morgan fingerprint density at radius 1 is 1.22 bits per heavy atom. The van der Waals surface area contributed by atoms with E-state index < -0.39 is 11.2 Å². The third-order valence-electron chi connectivity index (χ3n) is 4.10. The van der Waals surface area contributed by atoms with Gasteiger partial charge >= 0.3 is 5.69 Å². The number of nitrogens with zero attached hydrogens (tertiary/aromatic N) is 2. The highest BCUT2D eigenvalue weighted by atomic mass is 16.3. The molecule has 0 saturated heterocycles. The van der Waals surface area contributed by atoms with Crippen molar-refractivity contribution in [2.24, 2.45) is 11.8 Å². The average Bonchev–Trinajstić information content (AvgIpc) is 2.87. The normalized spacial score (nSPS) is 11.4. The lowest BCUT2D eigenvalue weighted by molar-refractivity contribution is 0.0982. The van der Waals surface area contributed by atoms with E-state index in [0.717, 1.165) is 0 Å². The zero-order valence-corrected chi connectivity index (χ0v) is 16.8. The van der Waals surface area contributed by atoms with E-state index in [9.17, 15) is 14.4 Å². The highest BCUT2D eigenvalue weighted by Gasteiger charge is 2.28. The van der Waals surface area contributed by atoms with Crippen molar-refractivity contribution >= 4 is 17.4 Å². The number of aromatic amines is 1. The first-order valence-corrected chi connectivity index (χ1v) is 9.04. The lowest BCUT2D eigenvalue weighted by Gasteiger charge is -2.26. The minimum atomic E-state index is -0.677. The second-order valence-electron chi connectivity index (χ2n) is 7.63. The van der Waals surface area contributed by atoms with Crippen LogP contribution in [0.2, 0.25) is 0 Å². The van der Waals surface area contributed by atoms with Crippen LogP contribution < -0.4 is 21.9 Å². The second-order valence-corrected chi connectivity index (χ2v) is 7.63. The maximum atomic E-state index is 13.2. The second kappa shape index (κ2) is 7.85. The molecule has 8 nitrogen and oxygen atoms in total. The van der Waals surface area contributed by atoms with E-state index in [1.54, 1.807) is 19.9 Å². The van der Waals surface area contributed by atoms with Crippen molar-refractivity contribution in [3.63, 3.8) is 0 Å². The van der Waals surface area contributed by atoms with E-state index in [-0.39, 0.29) is 35.8 Å². The largest absolute Gasteiger partial charge is 0.466 e. The number of hydrogen-bond donors (Lipinski definition) is 2. The molecular weight excluding hydrogens is 348 g/mol. The van der Waals surface area contributed by atoms with Gasteiger partial charge in [0.25, 0.3) is 11.5 Å². The van der Waals surface area contributed by atoms with Crippen molar-refractivity contribution in [1.82, 2.24) is 9.55 Å². The predicted octanol–water partition coefficient (Wildman–Crippen LogP) is 2.29. The number of aromatic nitrogens is 2. The number of nitrogens with two attached hydrogens (primary N) is 1. The smallest absolute Gasteiger partial charge is 0.330 e. The van der Waals surface area contributed by atoms with Gasteiger partial charge < -0.3 is 15.1 Å². The quantitative estimate of drug-likeness (QED) is 0.803. The summed E-state index contributed by atoms with van der Waals surface area (Å²) < 4.78 is 6.76. The SMILES string of the molecule is Cc1cc(C(=O)N(CC(C)C)c2c(N)n(CC(C)C)c(=O)[nH]c2=O)c(C)o1. The maximum absolute atomic E-state index is 13.2. The molecule has 0 bridgehead atoms. The first-order valence-electron chi connectivity index (χ1n) is 9.04. The third kappa shape index (κ3) is 4.32. The molecule has 0 aromatic carbocycles. The van der Waals surface area contributed by atoms with Crippen LogP contribution in [0.1, 0.15) is 49.6 Å². The molecule has 8 heteroatoms. The summed E-state index contributed by atoms with van der Waals surface area (Å²) in [5.41, 5.74) is 5.30. The minimum absolute atomic E-state index is 0.00722. The van der Waals surface area contributed by atoms with E-state index in [2.05, 4.69) is 4.98 Å². The van der Waals surface area contributed by atoms with Gasteiger partial charge in [-0.2, -0.15) is 0 Å². The first kappa shape index (κ1) is 20.5. The number of nitrogens with one attached hydrogen (secondary N) is 1. The Hall–Kier alpha value is -2.77. The monoisotopic (exact) mass is 376 g/mol. The van der Waals surface area contributed by atoms with Gasteiger partial charge in [0.2, 0.25) is 0 Å². The highest BCUT2D eigenvalue weighted by molar-refractivity contribution is 6.07. The molecule has 1 amide bonds. The van der Waals surface area contributed by atoms with Gasteiger partial charge in [0.15, 0.2) is 5.69 Å². The van der Waals surface area contributed by atoms with Gasteiger partial charge in [0, 0.05) is 13.1 Å². The lowest BCUT2D eigenvalue weighted by Crippen LogP contribution is -2.43. The van der Waals surface area contributed by atoms with Crippen LogP contribution in [0.3, 0.4) is 0 Å².